The second-order valence-electron chi connectivity index (χ2n) is 7.41. The van der Waals surface area contributed by atoms with Crippen molar-refractivity contribution in [3.8, 4) is 11.3 Å². The van der Waals surface area contributed by atoms with Crippen LogP contribution < -0.4 is 10.7 Å². The van der Waals surface area contributed by atoms with Gasteiger partial charge in [0.25, 0.3) is 5.91 Å². The average molecular weight is 429 g/mol. The fraction of sp³-hybridized carbons (Fsp3) is 0.125. The van der Waals surface area contributed by atoms with E-state index in [1.807, 2.05) is 47.8 Å². The van der Waals surface area contributed by atoms with Crippen LogP contribution >= 0.6 is 11.3 Å². The number of aromatic nitrogens is 1. The predicted molar refractivity (Wildman–Crippen MR) is 125 cm³/mol. The zero-order chi connectivity index (χ0) is 21.2. The first-order valence-corrected chi connectivity index (χ1v) is 11.0. The van der Waals surface area contributed by atoms with Gasteiger partial charge in [-0.2, -0.15) is 5.10 Å². The second-order valence-corrected chi connectivity index (χ2v) is 8.44. The number of rotatable bonds is 6. The topological polar surface area (TPSA) is 86.3 Å². The van der Waals surface area contributed by atoms with Crippen LogP contribution in [0, 0.1) is 0 Å². The number of amides is 2. The molecule has 0 fully saturated rings. The van der Waals surface area contributed by atoms with E-state index >= 15 is 0 Å². The maximum absolute atomic E-state index is 12.6. The van der Waals surface area contributed by atoms with E-state index in [-0.39, 0.29) is 11.8 Å². The van der Waals surface area contributed by atoms with Gasteiger partial charge in [-0.15, -0.1) is 11.3 Å². The minimum absolute atomic E-state index is 0.0663. The van der Waals surface area contributed by atoms with Gasteiger partial charge in [-0.25, -0.2) is 5.43 Å². The molecule has 0 aliphatic carbocycles. The number of aromatic amines is 1. The molecule has 4 aromatic rings. The number of hydrogen-bond acceptors (Lipinski definition) is 4. The third-order valence-corrected chi connectivity index (χ3v) is 6.23. The summed E-state index contributed by atoms with van der Waals surface area (Å²) in [5.74, 6) is -0.365. The number of anilines is 1. The van der Waals surface area contributed by atoms with E-state index in [4.69, 9.17) is 0 Å². The van der Waals surface area contributed by atoms with E-state index in [1.165, 1.54) is 4.88 Å². The molecule has 7 heteroatoms. The van der Waals surface area contributed by atoms with Gasteiger partial charge in [-0.05, 0) is 42.0 Å². The highest BCUT2D eigenvalue weighted by Crippen LogP contribution is 2.34. The van der Waals surface area contributed by atoms with Crippen LogP contribution in [-0.2, 0) is 11.2 Å². The van der Waals surface area contributed by atoms with Crippen molar-refractivity contribution in [1.29, 1.82) is 0 Å². The van der Waals surface area contributed by atoms with Gasteiger partial charge in [0.2, 0.25) is 5.91 Å². The van der Waals surface area contributed by atoms with Crippen molar-refractivity contribution in [3.05, 3.63) is 76.0 Å². The molecule has 1 aliphatic heterocycles. The maximum Gasteiger partial charge on any atom is 0.272 e. The number of carbonyl (C=O) groups excluding carboxylic acids is 2. The van der Waals surface area contributed by atoms with Crippen molar-refractivity contribution in [2.24, 2.45) is 5.10 Å². The number of hydrazone groups is 1. The lowest BCUT2D eigenvalue weighted by Crippen LogP contribution is -2.17. The minimum atomic E-state index is -0.299. The Labute approximate surface area is 183 Å². The summed E-state index contributed by atoms with van der Waals surface area (Å²) in [6.45, 7) is 0. The normalized spacial score (nSPS) is 12.6. The quantitative estimate of drug-likeness (QED) is 0.406. The Balaban J connectivity index is 1.45. The summed E-state index contributed by atoms with van der Waals surface area (Å²) in [5, 5.41) is 9.86. The Morgan fingerprint density at radius 1 is 1.10 bits per heavy atom. The van der Waals surface area contributed by atoms with Crippen molar-refractivity contribution >= 4 is 46.0 Å². The van der Waals surface area contributed by atoms with E-state index in [2.05, 4.69) is 26.9 Å². The van der Waals surface area contributed by atoms with Gasteiger partial charge in [-0.1, -0.05) is 36.4 Å². The van der Waals surface area contributed by atoms with Crippen LogP contribution in [-0.4, -0.2) is 23.0 Å². The van der Waals surface area contributed by atoms with E-state index in [1.54, 1.807) is 23.6 Å². The number of nitrogens with zero attached hydrogens (tertiary/aromatic N) is 1. The molecular formula is C24H20N4O2S. The third kappa shape index (κ3) is 3.87. The average Bonchev–Trinajstić information content (AvgIpc) is 3.38. The first-order chi connectivity index (χ1) is 15.2. The zero-order valence-corrected chi connectivity index (χ0v) is 17.5. The molecule has 0 spiro atoms. The summed E-state index contributed by atoms with van der Waals surface area (Å²) in [6.07, 6.45) is 3.75. The largest absolute Gasteiger partial charge is 0.354 e. The van der Waals surface area contributed by atoms with Gasteiger partial charge in [0.15, 0.2) is 0 Å². The standard InChI is InChI=1S/C24H20N4O2S/c29-21(10-4-8-17-9-5-11-31-17)26-16-12-18-22-19(14-25-28-24(18)30)23(27-20(22)13-16)15-6-2-1-3-7-15/h1-3,5-7,9,11-14,27H,4,8,10H2,(H,26,29)(H,28,30). The molecule has 1 aliphatic rings. The second kappa shape index (κ2) is 8.20. The summed E-state index contributed by atoms with van der Waals surface area (Å²) >= 11 is 1.70. The Kier molecular flexibility index (Phi) is 5.09. The SMILES string of the molecule is O=C(CCCc1cccs1)Nc1cc2c3c(c(-c4ccccc4)[nH]c3c1)C=NNC2=O. The van der Waals surface area contributed by atoms with Crippen LogP contribution in [0.1, 0.15) is 33.6 Å². The number of carbonyl (C=O) groups is 2. The van der Waals surface area contributed by atoms with E-state index in [0.29, 0.717) is 17.7 Å². The van der Waals surface area contributed by atoms with Crippen molar-refractivity contribution < 1.29 is 9.59 Å². The number of benzene rings is 2. The molecule has 0 atom stereocenters. The molecule has 31 heavy (non-hydrogen) atoms. The summed E-state index contributed by atoms with van der Waals surface area (Å²) in [5.41, 5.74) is 7.14. The number of thiophene rings is 1. The van der Waals surface area contributed by atoms with E-state index in [9.17, 15) is 9.59 Å². The van der Waals surface area contributed by atoms with Crippen molar-refractivity contribution in [2.45, 2.75) is 19.3 Å². The lowest BCUT2D eigenvalue weighted by atomic mass is 10.0. The van der Waals surface area contributed by atoms with Gasteiger partial charge in [0.1, 0.15) is 0 Å². The highest BCUT2D eigenvalue weighted by atomic mass is 32.1. The molecule has 3 heterocycles. The molecule has 2 aromatic heterocycles. The minimum Gasteiger partial charge on any atom is -0.354 e. The smallest absolute Gasteiger partial charge is 0.272 e. The summed E-state index contributed by atoms with van der Waals surface area (Å²) < 4.78 is 0. The Morgan fingerprint density at radius 2 is 1.97 bits per heavy atom. The molecule has 3 N–H and O–H groups in total. The number of nitrogens with one attached hydrogen (secondary N) is 3. The van der Waals surface area contributed by atoms with Gasteiger partial charge >= 0.3 is 0 Å². The molecule has 0 unspecified atom stereocenters. The summed E-state index contributed by atoms with van der Waals surface area (Å²) in [4.78, 5) is 29.8. The van der Waals surface area contributed by atoms with Crippen molar-refractivity contribution in [3.63, 3.8) is 0 Å². The Hall–Kier alpha value is -3.71. The fourth-order valence-corrected chi connectivity index (χ4v) is 4.64. The van der Waals surface area contributed by atoms with Crippen LogP contribution in [0.25, 0.3) is 22.2 Å². The van der Waals surface area contributed by atoms with Crippen molar-refractivity contribution in [1.82, 2.24) is 10.4 Å². The molecule has 5 rings (SSSR count). The monoisotopic (exact) mass is 428 g/mol. The van der Waals surface area contributed by atoms with E-state index < -0.39 is 0 Å². The van der Waals surface area contributed by atoms with E-state index in [0.717, 1.165) is 40.6 Å². The molecule has 6 nitrogen and oxygen atoms in total. The first kappa shape index (κ1) is 19.3. The summed E-state index contributed by atoms with van der Waals surface area (Å²) in [6, 6.07) is 17.6. The van der Waals surface area contributed by atoms with Gasteiger partial charge < -0.3 is 10.3 Å². The number of H-pyrrole nitrogens is 1. The first-order valence-electron chi connectivity index (χ1n) is 10.1. The van der Waals surface area contributed by atoms with Gasteiger partial charge in [0.05, 0.1) is 17.5 Å². The molecule has 154 valence electrons. The zero-order valence-electron chi connectivity index (χ0n) is 16.6. The fourth-order valence-electron chi connectivity index (χ4n) is 3.89. The molecular weight excluding hydrogens is 408 g/mol. The van der Waals surface area contributed by atoms with Crippen molar-refractivity contribution in [2.75, 3.05) is 5.32 Å². The maximum atomic E-state index is 12.6. The predicted octanol–water partition coefficient (Wildman–Crippen LogP) is 4.94. The number of aryl methyl sites for hydroxylation is 1. The van der Waals surface area contributed by atoms with Crippen LogP contribution in [0.3, 0.4) is 0 Å². The van der Waals surface area contributed by atoms with Crippen LogP contribution in [0.2, 0.25) is 0 Å². The van der Waals surface area contributed by atoms with Crippen LogP contribution in [0.4, 0.5) is 5.69 Å². The number of hydrogen-bond donors (Lipinski definition) is 3. The highest BCUT2D eigenvalue weighted by Gasteiger charge is 2.22. The van der Waals surface area contributed by atoms with Crippen LogP contribution in [0.15, 0.2) is 65.1 Å². The molecule has 0 saturated carbocycles. The molecule has 2 amide bonds. The molecule has 0 radical (unpaired) electrons. The van der Waals surface area contributed by atoms with Crippen LogP contribution in [0.5, 0.6) is 0 Å². The summed E-state index contributed by atoms with van der Waals surface area (Å²) in [7, 11) is 0. The molecule has 0 bridgehead atoms. The molecule has 2 aromatic carbocycles. The lowest BCUT2D eigenvalue weighted by Gasteiger charge is -2.08. The Bertz CT molecular complexity index is 1290. The lowest BCUT2D eigenvalue weighted by molar-refractivity contribution is -0.116. The third-order valence-electron chi connectivity index (χ3n) is 5.29. The van der Waals surface area contributed by atoms with Gasteiger partial charge in [-0.3, -0.25) is 9.59 Å². The molecule has 0 saturated heterocycles. The Morgan fingerprint density at radius 3 is 2.77 bits per heavy atom. The van der Waals surface area contributed by atoms with Gasteiger partial charge in [0, 0.05) is 33.5 Å². The highest BCUT2D eigenvalue weighted by molar-refractivity contribution is 7.09.